The maximum atomic E-state index is 12.1. The molecule has 2 heterocycles. The average Bonchev–Trinajstić information content (AvgIpc) is 3.10. The van der Waals surface area contributed by atoms with E-state index in [-0.39, 0.29) is 5.91 Å². The monoisotopic (exact) mass is 355 g/mol. The van der Waals surface area contributed by atoms with E-state index in [9.17, 15) is 4.79 Å². The molecule has 5 nitrogen and oxygen atoms in total. The largest absolute Gasteiger partial charge is 0.496 e. The summed E-state index contributed by atoms with van der Waals surface area (Å²) in [6.45, 7) is 4.16. The zero-order chi connectivity index (χ0) is 18.7. The molecular weight excluding hydrogens is 326 g/mol. The number of nitrogens with one attached hydrogen (secondary N) is 1. The second-order valence-corrected chi connectivity index (χ2v) is 7.45. The van der Waals surface area contributed by atoms with Gasteiger partial charge in [0.2, 0.25) is 0 Å². The highest BCUT2D eigenvalue weighted by Gasteiger charge is 2.29. The summed E-state index contributed by atoms with van der Waals surface area (Å²) in [5.41, 5.74) is 2.96. The first-order valence-corrected chi connectivity index (χ1v) is 9.26. The molecule has 5 heteroatoms. The molecule has 1 fully saturated rings. The van der Waals surface area contributed by atoms with Crippen molar-refractivity contribution in [1.82, 2.24) is 14.8 Å². The van der Waals surface area contributed by atoms with Crippen molar-refractivity contribution >= 4 is 5.91 Å². The van der Waals surface area contributed by atoms with Gasteiger partial charge in [0, 0.05) is 37.9 Å². The second-order valence-electron chi connectivity index (χ2n) is 7.45. The molecule has 0 unspecified atom stereocenters. The van der Waals surface area contributed by atoms with Crippen LogP contribution in [0.4, 0.5) is 0 Å². The Balaban J connectivity index is 1.82. The number of para-hydroxylation sites is 1. The highest BCUT2D eigenvalue weighted by atomic mass is 16.5. The lowest BCUT2D eigenvalue weighted by Gasteiger charge is -2.39. The number of piperidine rings is 1. The summed E-state index contributed by atoms with van der Waals surface area (Å²) >= 11 is 0. The highest BCUT2D eigenvalue weighted by molar-refractivity contribution is 5.92. The molecule has 2 aromatic rings. The first kappa shape index (κ1) is 18.5. The lowest BCUT2D eigenvalue weighted by molar-refractivity contribution is 0.0821. The molecule has 1 aliphatic heterocycles. The molecular formula is C21H29N3O2. The number of rotatable bonds is 5. The van der Waals surface area contributed by atoms with Gasteiger partial charge in [-0.1, -0.05) is 25.1 Å². The zero-order valence-electron chi connectivity index (χ0n) is 16.2. The van der Waals surface area contributed by atoms with Crippen LogP contribution in [0.5, 0.6) is 5.75 Å². The van der Waals surface area contributed by atoms with Crippen molar-refractivity contribution in [3.63, 3.8) is 0 Å². The van der Waals surface area contributed by atoms with Gasteiger partial charge in [-0.15, -0.1) is 0 Å². The zero-order valence-corrected chi connectivity index (χ0v) is 16.2. The molecule has 0 bridgehead atoms. The molecule has 1 aromatic heterocycles. The third-order valence-corrected chi connectivity index (χ3v) is 5.23. The Morgan fingerprint density at radius 2 is 2.04 bits per heavy atom. The van der Waals surface area contributed by atoms with E-state index in [1.165, 1.54) is 12.0 Å². The molecule has 3 rings (SSSR count). The Morgan fingerprint density at radius 3 is 2.77 bits per heavy atom. The van der Waals surface area contributed by atoms with E-state index in [0.717, 1.165) is 31.0 Å². The smallest absolute Gasteiger partial charge is 0.269 e. The summed E-state index contributed by atoms with van der Waals surface area (Å²) in [7, 11) is 5.28. The first-order chi connectivity index (χ1) is 12.5. The molecule has 1 aromatic carbocycles. The van der Waals surface area contributed by atoms with Crippen molar-refractivity contribution in [2.24, 2.45) is 5.92 Å². The molecule has 2 atom stereocenters. The number of carbonyl (C=O) groups excluding carboxylic acids is 1. The lowest BCUT2D eigenvalue weighted by Crippen LogP contribution is -2.36. The van der Waals surface area contributed by atoms with Gasteiger partial charge in [0.05, 0.1) is 7.11 Å². The maximum Gasteiger partial charge on any atom is 0.269 e. The SMILES string of the molecule is COc1ccccc1[C@H]1C[C@@H](C)CCN1Cc1ccc(C(=O)N(C)C)[nH]1. The van der Waals surface area contributed by atoms with Crippen LogP contribution < -0.4 is 4.74 Å². The Kier molecular flexibility index (Phi) is 5.67. The van der Waals surface area contributed by atoms with Crippen LogP contribution in [0.1, 0.15) is 47.6 Å². The van der Waals surface area contributed by atoms with Gasteiger partial charge in [-0.25, -0.2) is 0 Å². The first-order valence-electron chi connectivity index (χ1n) is 9.26. The van der Waals surface area contributed by atoms with Crippen LogP contribution in [0.2, 0.25) is 0 Å². The fraction of sp³-hybridized carbons (Fsp3) is 0.476. The molecule has 26 heavy (non-hydrogen) atoms. The standard InChI is InChI=1S/C21H29N3O2/c1-15-11-12-24(14-16-9-10-18(22-16)21(25)23(2)3)19(13-15)17-7-5-6-8-20(17)26-4/h5-10,15,19,22H,11-14H2,1-4H3/t15-,19+/m0/s1. The topological polar surface area (TPSA) is 48.6 Å². The van der Waals surface area contributed by atoms with Crippen LogP contribution in [0.25, 0.3) is 0 Å². The van der Waals surface area contributed by atoms with E-state index in [1.807, 2.05) is 24.3 Å². The van der Waals surface area contributed by atoms with Crippen molar-refractivity contribution in [3.05, 3.63) is 53.3 Å². The van der Waals surface area contributed by atoms with Crippen molar-refractivity contribution in [2.75, 3.05) is 27.7 Å². The van der Waals surface area contributed by atoms with E-state index >= 15 is 0 Å². The van der Waals surface area contributed by atoms with Gasteiger partial charge >= 0.3 is 0 Å². The number of hydrogen-bond acceptors (Lipinski definition) is 3. The molecule has 1 amide bonds. The maximum absolute atomic E-state index is 12.1. The number of hydrogen-bond donors (Lipinski definition) is 1. The Labute approximate surface area is 156 Å². The molecule has 0 aliphatic carbocycles. The van der Waals surface area contributed by atoms with E-state index in [1.54, 1.807) is 26.1 Å². The normalized spacial score (nSPS) is 20.8. The van der Waals surface area contributed by atoms with E-state index in [0.29, 0.717) is 17.7 Å². The van der Waals surface area contributed by atoms with Gasteiger partial charge in [0.1, 0.15) is 11.4 Å². The van der Waals surface area contributed by atoms with Crippen molar-refractivity contribution in [1.29, 1.82) is 0 Å². The van der Waals surface area contributed by atoms with Crippen LogP contribution in [-0.2, 0) is 6.54 Å². The minimum atomic E-state index is 0.00444. The number of nitrogens with zero attached hydrogens (tertiary/aromatic N) is 2. The average molecular weight is 355 g/mol. The number of carbonyl (C=O) groups is 1. The van der Waals surface area contributed by atoms with Gasteiger partial charge in [-0.2, -0.15) is 0 Å². The van der Waals surface area contributed by atoms with Crippen molar-refractivity contribution in [3.8, 4) is 5.75 Å². The quantitative estimate of drug-likeness (QED) is 0.890. The van der Waals surface area contributed by atoms with E-state index in [4.69, 9.17) is 4.74 Å². The number of ether oxygens (including phenoxy) is 1. The number of methoxy groups -OCH3 is 1. The third kappa shape index (κ3) is 3.93. The van der Waals surface area contributed by atoms with E-state index in [2.05, 4.69) is 28.9 Å². The number of aromatic amines is 1. The Hall–Kier alpha value is -2.27. The predicted molar refractivity (Wildman–Crippen MR) is 103 cm³/mol. The molecule has 1 N–H and O–H groups in total. The van der Waals surface area contributed by atoms with Crippen molar-refractivity contribution < 1.29 is 9.53 Å². The van der Waals surface area contributed by atoms with Crippen LogP contribution >= 0.6 is 0 Å². The number of benzene rings is 1. The molecule has 1 saturated heterocycles. The minimum Gasteiger partial charge on any atom is -0.496 e. The number of aromatic nitrogens is 1. The molecule has 140 valence electrons. The summed E-state index contributed by atoms with van der Waals surface area (Å²) in [6.07, 6.45) is 2.31. The summed E-state index contributed by atoms with van der Waals surface area (Å²) in [5.74, 6) is 1.65. The van der Waals surface area contributed by atoms with Gasteiger partial charge in [-0.3, -0.25) is 9.69 Å². The molecule has 0 radical (unpaired) electrons. The number of H-pyrrole nitrogens is 1. The molecule has 1 aliphatic rings. The Bertz CT molecular complexity index is 753. The van der Waals surface area contributed by atoms with Gasteiger partial charge in [-0.05, 0) is 43.5 Å². The summed E-state index contributed by atoms with van der Waals surface area (Å²) < 4.78 is 5.61. The minimum absolute atomic E-state index is 0.00444. The molecule has 0 spiro atoms. The fourth-order valence-electron chi connectivity index (χ4n) is 3.76. The summed E-state index contributed by atoms with van der Waals surface area (Å²) in [6, 6.07) is 12.5. The Morgan fingerprint density at radius 1 is 1.27 bits per heavy atom. The summed E-state index contributed by atoms with van der Waals surface area (Å²) in [4.78, 5) is 19.5. The highest BCUT2D eigenvalue weighted by Crippen LogP contribution is 2.38. The van der Waals surface area contributed by atoms with Crippen LogP contribution in [0, 0.1) is 5.92 Å². The number of likely N-dealkylation sites (tertiary alicyclic amines) is 1. The van der Waals surface area contributed by atoms with Gasteiger partial charge in [0.25, 0.3) is 5.91 Å². The lowest BCUT2D eigenvalue weighted by atomic mass is 9.88. The van der Waals surface area contributed by atoms with Crippen LogP contribution in [-0.4, -0.2) is 48.4 Å². The predicted octanol–water partition coefficient (Wildman–Crippen LogP) is 3.70. The fourth-order valence-corrected chi connectivity index (χ4v) is 3.76. The summed E-state index contributed by atoms with van der Waals surface area (Å²) in [5, 5.41) is 0. The second kappa shape index (κ2) is 7.96. The van der Waals surface area contributed by atoms with Crippen molar-refractivity contribution in [2.45, 2.75) is 32.4 Å². The van der Waals surface area contributed by atoms with Crippen LogP contribution in [0.3, 0.4) is 0 Å². The third-order valence-electron chi connectivity index (χ3n) is 5.23. The van der Waals surface area contributed by atoms with E-state index < -0.39 is 0 Å². The van der Waals surface area contributed by atoms with Crippen LogP contribution in [0.15, 0.2) is 36.4 Å². The van der Waals surface area contributed by atoms with Gasteiger partial charge in [0.15, 0.2) is 0 Å². The molecule has 0 saturated carbocycles. The van der Waals surface area contributed by atoms with Gasteiger partial charge < -0.3 is 14.6 Å². The number of amides is 1.